The SMILES string of the molecule is CCCC(C)Cc1ccccc1N(C)c1c(C)cc(C)c(C)c1C. The molecule has 0 bridgehead atoms. The molecule has 0 N–H and O–H groups in total. The van der Waals surface area contributed by atoms with Crippen molar-refractivity contribution in [2.45, 2.75) is 60.8 Å². The van der Waals surface area contributed by atoms with E-state index in [-0.39, 0.29) is 0 Å². The van der Waals surface area contributed by atoms with Gasteiger partial charge in [-0.1, -0.05) is 51.0 Å². The Balaban J connectivity index is 2.44. The molecule has 1 nitrogen and oxygen atoms in total. The van der Waals surface area contributed by atoms with Gasteiger partial charge in [-0.2, -0.15) is 0 Å². The molecular formula is C23H33N. The van der Waals surface area contributed by atoms with Crippen LogP contribution in [0.4, 0.5) is 11.4 Å². The highest BCUT2D eigenvalue weighted by molar-refractivity contribution is 5.73. The summed E-state index contributed by atoms with van der Waals surface area (Å²) in [6.45, 7) is 13.6. The first-order valence-electron chi connectivity index (χ1n) is 9.25. The van der Waals surface area contributed by atoms with Crippen LogP contribution in [0.15, 0.2) is 30.3 Å². The van der Waals surface area contributed by atoms with Gasteiger partial charge in [-0.3, -0.25) is 0 Å². The highest BCUT2D eigenvalue weighted by Crippen LogP contribution is 2.35. The molecule has 0 aliphatic carbocycles. The molecule has 0 saturated carbocycles. The second-order valence-corrected chi connectivity index (χ2v) is 7.39. The van der Waals surface area contributed by atoms with Crippen molar-refractivity contribution in [2.24, 2.45) is 5.92 Å². The summed E-state index contributed by atoms with van der Waals surface area (Å²) in [6.07, 6.45) is 3.70. The Bertz CT molecular complexity index is 699. The zero-order valence-electron chi connectivity index (χ0n) is 16.5. The van der Waals surface area contributed by atoms with Crippen LogP contribution in [0.2, 0.25) is 0 Å². The van der Waals surface area contributed by atoms with Crippen LogP contribution < -0.4 is 4.90 Å². The topological polar surface area (TPSA) is 3.24 Å². The van der Waals surface area contributed by atoms with Crippen molar-refractivity contribution >= 4 is 11.4 Å². The molecule has 0 saturated heterocycles. The van der Waals surface area contributed by atoms with E-state index in [0.29, 0.717) is 0 Å². The Kier molecular flexibility index (Phi) is 6.10. The molecule has 130 valence electrons. The van der Waals surface area contributed by atoms with Crippen molar-refractivity contribution in [3.63, 3.8) is 0 Å². The Morgan fingerprint density at radius 2 is 1.62 bits per heavy atom. The maximum Gasteiger partial charge on any atom is 0.0470 e. The molecule has 1 atom stereocenters. The normalized spacial score (nSPS) is 12.3. The van der Waals surface area contributed by atoms with E-state index >= 15 is 0 Å². The summed E-state index contributed by atoms with van der Waals surface area (Å²) >= 11 is 0. The lowest BCUT2D eigenvalue weighted by Crippen LogP contribution is -2.16. The fourth-order valence-corrected chi connectivity index (χ4v) is 3.89. The molecule has 0 aliphatic heterocycles. The third-order valence-corrected chi connectivity index (χ3v) is 5.35. The molecule has 24 heavy (non-hydrogen) atoms. The van der Waals surface area contributed by atoms with E-state index < -0.39 is 0 Å². The van der Waals surface area contributed by atoms with Gasteiger partial charge in [-0.05, 0) is 73.9 Å². The summed E-state index contributed by atoms with van der Waals surface area (Å²) in [5.74, 6) is 0.728. The molecule has 0 aromatic heterocycles. The standard InChI is InChI=1S/C23H33N/c1-8-11-16(2)14-21-12-9-10-13-22(21)24(7)23-18(4)15-17(3)19(5)20(23)6/h9-10,12-13,15-16H,8,11,14H2,1-7H3. The average Bonchev–Trinajstić information content (AvgIpc) is 2.53. The van der Waals surface area contributed by atoms with Gasteiger partial charge in [0.25, 0.3) is 0 Å². The maximum absolute atomic E-state index is 2.39. The van der Waals surface area contributed by atoms with E-state index in [0.717, 1.165) is 12.3 Å². The van der Waals surface area contributed by atoms with Crippen LogP contribution in [0.5, 0.6) is 0 Å². The van der Waals surface area contributed by atoms with Crippen LogP contribution in [0.25, 0.3) is 0 Å². The molecule has 2 aromatic carbocycles. The number of hydrogen-bond acceptors (Lipinski definition) is 1. The molecule has 0 aliphatic rings. The third-order valence-electron chi connectivity index (χ3n) is 5.35. The summed E-state index contributed by atoms with van der Waals surface area (Å²) < 4.78 is 0. The molecule has 1 heteroatoms. The minimum Gasteiger partial charge on any atom is -0.344 e. The largest absolute Gasteiger partial charge is 0.344 e. The van der Waals surface area contributed by atoms with Gasteiger partial charge in [0.05, 0.1) is 0 Å². The first-order chi connectivity index (χ1) is 11.4. The van der Waals surface area contributed by atoms with Crippen LogP contribution in [0.1, 0.15) is 54.5 Å². The van der Waals surface area contributed by atoms with Gasteiger partial charge in [0.2, 0.25) is 0 Å². The fourth-order valence-electron chi connectivity index (χ4n) is 3.89. The monoisotopic (exact) mass is 323 g/mol. The smallest absolute Gasteiger partial charge is 0.0470 e. The molecular weight excluding hydrogens is 290 g/mol. The molecule has 0 amide bonds. The minimum absolute atomic E-state index is 0.728. The van der Waals surface area contributed by atoms with Gasteiger partial charge >= 0.3 is 0 Å². The molecule has 0 fully saturated rings. The van der Waals surface area contributed by atoms with Gasteiger partial charge in [-0.25, -0.2) is 0 Å². The average molecular weight is 324 g/mol. The lowest BCUT2D eigenvalue weighted by atomic mass is 9.94. The molecule has 0 heterocycles. The van der Waals surface area contributed by atoms with Crippen LogP contribution in [-0.2, 0) is 6.42 Å². The van der Waals surface area contributed by atoms with Gasteiger partial charge in [0.1, 0.15) is 0 Å². The van der Waals surface area contributed by atoms with E-state index in [1.165, 1.54) is 52.0 Å². The number of hydrogen-bond donors (Lipinski definition) is 0. The predicted molar refractivity (Wildman–Crippen MR) is 108 cm³/mol. The predicted octanol–water partition coefficient (Wildman–Crippen LogP) is 6.67. The van der Waals surface area contributed by atoms with Crippen molar-refractivity contribution in [1.29, 1.82) is 0 Å². The Hall–Kier alpha value is -1.76. The van der Waals surface area contributed by atoms with Crippen molar-refractivity contribution in [2.75, 3.05) is 11.9 Å². The quantitative estimate of drug-likeness (QED) is 0.574. The number of nitrogens with zero attached hydrogens (tertiary/aromatic N) is 1. The molecule has 1 unspecified atom stereocenters. The lowest BCUT2D eigenvalue weighted by molar-refractivity contribution is 0.523. The van der Waals surface area contributed by atoms with Crippen molar-refractivity contribution in [3.8, 4) is 0 Å². The van der Waals surface area contributed by atoms with Crippen LogP contribution in [-0.4, -0.2) is 7.05 Å². The van der Waals surface area contributed by atoms with Crippen molar-refractivity contribution in [1.82, 2.24) is 0 Å². The Morgan fingerprint density at radius 3 is 2.29 bits per heavy atom. The van der Waals surface area contributed by atoms with Gasteiger partial charge < -0.3 is 4.90 Å². The first-order valence-corrected chi connectivity index (χ1v) is 9.25. The van der Waals surface area contributed by atoms with E-state index in [9.17, 15) is 0 Å². The van der Waals surface area contributed by atoms with Crippen LogP contribution >= 0.6 is 0 Å². The molecule has 0 spiro atoms. The summed E-state index contributed by atoms with van der Waals surface area (Å²) in [5.41, 5.74) is 9.69. The fraction of sp³-hybridized carbons (Fsp3) is 0.478. The van der Waals surface area contributed by atoms with Gasteiger partial charge in [0.15, 0.2) is 0 Å². The highest BCUT2D eigenvalue weighted by atomic mass is 15.1. The van der Waals surface area contributed by atoms with Crippen molar-refractivity contribution < 1.29 is 0 Å². The maximum atomic E-state index is 2.39. The number of benzene rings is 2. The van der Waals surface area contributed by atoms with Crippen LogP contribution in [0.3, 0.4) is 0 Å². The van der Waals surface area contributed by atoms with Gasteiger partial charge in [0, 0.05) is 18.4 Å². The summed E-state index contributed by atoms with van der Waals surface area (Å²) in [4.78, 5) is 2.39. The first kappa shape index (κ1) is 18.6. The van der Waals surface area contributed by atoms with Crippen molar-refractivity contribution in [3.05, 3.63) is 58.1 Å². The molecule has 0 radical (unpaired) electrons. The Labute approximate surface area is 148 Å². The molecule has 2 aromatic rings. The number of aryl methyl sites for hydroxylation is 2. The Morgan fingerprint density at radius 1 is 0.958 bits per heavy atom. The zero-order valence-corrected chi connectivity index (χ0v) is 16.5. The summed E-state index contributed by atoms with van der Waals surface area (Å²) in [7, 11) is 2.22. The van der Waals surface area contributed by atoms with Crippen LogP contribution in [0, 0.1) is 33.6 Å². The van der Waals surface area contributed by atoms with E-state index in [4.69, 9.17) is 0 Å². The number of para-hydroxylation sites is 1. The summed E-state index contributed by atoms with van der Waals surface area (Å²) in [5, 5.41) is 0. The van der Waals surface area contributed by atoms with E-state index in [1.54, 1.807) is 0 Å². The van der Waals surface area contributed by atoms with E-state index in [2.05, 4.69) is 83.8 Å². The number of rotatable bonds is 6. The molecule has 2 rings (SSSR count). The zero-order chi connectivity index (χ0) is 17.9. The van der Waals surface area contributed by atoms with Gasteiger partial charge in [-0.15, -0.1) is 0 Å². The second kappa shape index (κ2) is 7.88. The lowest BCUT2D eigenvalue weighted by Gasteiger charge is -2.28. The minimum atomic E-state index is 0.728. The second-order valence-electron chi connectivity index (χ2n) is 7.39. The third kappa shape index (κ3) is 3.83. The number of anilines is 2. The summed E-state index contributed by atoms with van der Waals surface area (Å²) in [6, 6.07) is 11.2. The highest BCUT2D eigenvalue weighted by Gasteiger charge is 2.16. The van der Waals surface area contributed by atoms with E-state index in [1.807, 2.05) is 0 Å².